The fourth-order valence-electron chi connectivity index (χ4n) is 3.99. The molecule has 0 unspecified atom stereocenters. The molecule has 4 heterocycles. The molecule has 0 saturated carbocycles. The molecule has 2 aromatic rings. The van der Waals surface area contributed by atoms with Crippen molar-refractivity contribution in [3.05, 3.63) is 59.7 Å². The van der Waals surface area contributed by atoms with Gasteiger partial charge in [-0.05, 0) is 55.8 Å². The van der Waals surface area contributed by atoms with Crippen molar-refractivity contribution >= 4 is 11.8 Å². The maximum atomic E-state index is 12.6. The van der Waals surface area contributed by atoms with Gasteiger partial charge < -0.3 is 15.1 Å². The Bertz CT molecular complexity index is 858. The van der Waals surface area contributed by atoms with Gasteiger partial charge in [-0.25, -0.2) is 0 Å². The number of halogens is 3. The van der Waals surface area contributed by atoms with E-state index in [0.29, 0.717) is 12.6 Å². The average Bonchev–Trinajstić information content (AvgIpc) is 2.76. The van der Waals surface area contributed by atoms with Crippen molar-refractivity contribution in [1.29, 1.82) is 0 Å². The summed E-state index contributed by atoms with van der Waals surface area (Å²) in [6, 6.07) is 7.03. The highest BCUT2D eigenvalue weighted by molar-refractivity contribution is 5.67. The van der Waals surface area contributed by atoms with Crippen LogP contribution in [0.25, 0.3) is 6.08 Å². The van der Waals surface area contributed by atoms with Crippen molar-refractivity contribution in [2.75, 3.05) is 37.6 Å². The first kappa shape index (κ1) is 20.8. The van der Waals surface area contributed by atoms with Gasteiger partial charge in [0.1, 0.15) is 5.69 Å². The number of aromatic nitrogens is 2. The predicted octanol–water partition coefficient (Wildman–Crippen LogP) is 3.58. The van der Waals surface area contributed by atoms with E-state index in [4.69, 9.17) is 0 Å². The van der Waals surface area contributed by atoms with E-state index in [9.17, 15) is 13.2 Å². The second-order valence-electron chi connectivity index (χ2n) is 7.80. The van der Waals surface area contributed by atoms with Gasteiger partial charge in [-0.3, -0.25) is 9.97 Å². The largest absolute Gasteiger partial charge is 0.433 e. The molecule has 0 radical (unpaired) electrons. The Hall–Kier alpha value is -2.45. The Balaban J connectivity index is 1.19. The zero-order valence-corrected chi connectivity index (χ0v) is 16.8. The van der Waals surface area contributed by atoms with Gasteiger partial charge in [0, 0.05) is 44.6 Å². The zero-order chi connectivity index (χ0) is 21.0. The smallest absolute Gasteiger partial charge is 0.365 e. The number of nitrogens with one attached hydrogen (secondary N) is 1. The van der Waals surface area contributed by atoms with E-state index in [0.717, 1.165) is 62.9 Å². The standard InChI is InChI=1S/C22H26F3N5/c23-22(24,25)21-6-5-17(16-28-21)15-27-18-7-11-29(12-8-18)13-14-30-10-2-3-19-20(30)4-1-9-26-19/h1-6,9,16,18,27H,7-8,10-15H2. The first-order chi connectivity index (χ1) is 14.5. The summed E-state index contributed by atoms with van der Waals surface area (Å²) in [5.41, 5.74) is 2.16. The lowest BCUT2D eigenvalue weighted by Gasteiger charge is -2.35. The number of nitrogens with zero attached hydrogens (tertiary/aromatic N) is 4. The molecule has 1 N–H and O–H groups in total. The second-order valence-corrected chi connectivity index (χ2v) is 7.80. The molecule has 0 aromatic carbocycles. The molecule has 0 spiro atoms. The summed E-state index contributed by atoms with van der Waals surface area (Å²) < 4.78 is 37.8. The third-order valence-electron chi connectivity index (χ3n) is 5.74. The molecule has 2 aliphatic heterocycles. The fourth-order valence-corrected chi connectivity index (χ4v) is 3.99. The number of hydrogen-bond donors (Lipinski definition) is 1. The van der Waals surface area contributed by atoms with Crippen molar-refractivity contribution in [3.8, 4) is 0 Å². The summed E-state index contributed by atoms with van der Waals surface area (Å²) in [7, 11) is 0. The highest BCUT2D eigenvalue weighted by atomic mass is 19.4. The van der Waals surface area contributed by atoms with Crippen LogP contribution in [0.3, 0.4) is 0 Å². The van der Waals surface area contributed by atoms with Crippen molar-refractivity contribution < 1.29 is 13.2 Å². The number of alkyl halides is 3. The molecule has 2 aromatic heterocycles. The minimum atomic E-state index is -4.39. The van der Waals surface area contributed by atoms with Gasteiger partial charge in [0.05, 0.1) is 11.4 Å². The molecule has 1 fully saturated rings. The third-order valence-corrected chi connectivity index (χ3v) is 5.74. The Morgan fingerprint density at radius 2 is 1.90 bits per heavy atom. The lowest BCUT2D eigenvalue weighted by molar-refractivity contribution is -0.141. The number of piperidine rings is 1. The molecular weight excluding hydrogens is 391 g/mol. The van der Waals surface area contributed by atoms with E-state index in [1.807, 2.05) is 12.3 Å². The molecule has 0 amide bonds. The lowest BCUT2D eigenvalue weighted by atomic mass is 10.0. The quantitative estimate of drug-likeness (QED) is 0.778. The van der Waals surface area contributed by atoms with Crippen LogP contribution in [0.15, 0.2) is 42.7 Å². The second kappa shape index (κ2) is 9.14. The van der Waals surface area contributed by atoms with Crippen LogP contribution in [0.4, 0.5) is 18.9 Å². The highest BCUT2D eigenvalue weighted by Gasteiger charge is 2.32. The van der Waals surface area contributed by atoms with Crippen LogP contribution in [0.1, 0.15) is 29.8 Å². The van der Waals surface area contributed by atoms with Gasteiger partial charge in [0.25, 0.3) is 0 Å². The maximum absolute atomic E-state index is 12.6. The molecule has 30 heavy (non-hydrogen) atoms. The minimum Gasteiger partial charge on any atom is -0.365 e. The van der Waals surface area contributed by atoms with Crippen LogP contribution in [-0.4, -0.2) is 53.6 Å². The maximum Gasteiger partial charge on any atom is 0.433 e. The van der Waals surface area contributed by atoms with Crippen LogP contribution in [0, 0.1) is 0 Å². The lowest BCUT2D eigenvalue weighted by Crippen LogP contribution is -2.45. The Morgan fingerprint density at radius 3 is 2.63 bits per heavy atom. The zero-order valence-electron chi connectivity index (χ0n) is 16.8. The summed E-state index contributed by atoms with van der Waals surface area (Å²) in [5.74, 6) is 0. The highest BCUT2D eigenvalue weighted by Crippen LogP contribution is 2.27. The molecule has 1 saturated heterocycles. The summed E-state index contributed by atoms with van der Waals surface area (Å²) in [5, 5.41) is 3.46. The summed E-state index contributed by atoms with van der Waals surface area (Å²) in [6.45, 7) is 5.48. The van der Waals surface area contributed by atoms with Gasteiger partial charge in [-0.1, -0.05) is 12.1 Å². The third kappa shape index (κ3) is 5.17. The van der Waals surface area contributed by atoms with Crippen LogP contribution >= 0.6 is 0 Å². The molecule has 0 bridgehead atoms. The monoisotopic (exact) mass is 417 g/mol. The number of fused-ring (bicyclic) bond motifs is 1. The molecular formula is C22H26F3N5. The van der Waals surface area contributed by atoms with E-state index in [2.05, 4.69) is 43.3 Å². The van der Waals surface area contributed by atoms with E-state index in [1.54, 1.807) is 0 Å². The van der Waals surface area contributed by atoms with Crippen LogP contribution in [0.5, 0.6) is 0 Å². The van der Waals surface area contributed by atoms with Crippen molar-refractivity contribution in [2.45, 2.75) is 31.6 Å². The Kier molecular flexibility index (Phi) is 6.34. The fraction of sp³-hybridized carbons (Fsp3) is 0.455. The van der Waals surface area contributed by atoms with E-state index in [1.165, 1.54) is 18.0 Å². The summed E-state index contributed by atoms with van der Waals surface area (Å²) in [6.07, 6.45) is 5.05. The van der Waals surface area contributed by atoms with Gasteiger partial charge >= 0.3 is 6.18 Å². The Morgan fingerprint density at radius 1 is 1.07 bits per heavy atom. The predicted molar refractivity (Wildman–Crippen MR) is 111 cm³/mol. The van der Waals surface area contributed by atoms with Gasteiger partial charge in [-0.2, -0.15) is 13.2 Å². The van der Waals surface area contributed by atoms with Crippen molar-refractivity contribution in [1.82, 2.24) is 20.2 Å². The Labute approximate surface area is 174 Å². The summed E-state index contributed by atoms with van der Waals surface area (Å²) >= 11 is 0. The molecule has 0 aliphatic carbocycles. The van der Waals surface area contributed by atoms with Gasteiger partial charge in [-0.15, -0.1) is 0 Å². The number of pyridine rings is 2. The number of hydrogen-bond acceptors (Lipinski definition) is 5. The van der Waals surface area contributed by atoms with Gasteiger partial charge in [0.2, 0.25) is 0 Å². The topological polar surface area (TPSA) is 44.3 Å². The number of anilines is 1. The first-order valence-electron chi connectivity index (χ1n) is 10.3. The molecule has 160 valence electrons. The normalized spacial score (nSPS) is 17.9. The molecule has 5 nitrogen and oxygen atoms in total. The van der Waals surface area contributed by atoms with Crippen LogP contribution in [0.2, 0.25) is 0 Å². The number of rotatable bonds is 6. The SMILES string of the molecule is FC(F)(F)c1ccc(CNC2CCN(CCN3CC=Cc4ncccc43)CC2)cn1. The molecule has 8 heteroatoms. The van der Waals surface area contributed by atoms with Crippen molar-refractivity contribution in [2.24, 2.45) is 0 Å². The van der Waals surface area contributed by atoms with E-state index in [-0.39, 0.29) is 0 Å². The average molecular weight is 417 g/mol. The summed E-state index contributed by atoms with van der Waals surface area (Å²) in [4.78, 5) is 12.8. The molecule has 4 rings (SSSR count). The molecule has 0 atom stereocenters. The van der Waals surface area contributed by atoms with Crippen molar-refractivity contribution in [3.63, 3.8) is 0 Å². The number of likely N-dealkylation sites (tertiary alicyclic amines) is 1. The first-order valence-corrected chi connectivity index (χ1v) is 10.3. The van der Waals surface area contributed by atoms with E-state index >= 15 is 0 Å². The molecule has 2 aliphatic rings. The van der Waals surface area contributed by atoms with E-state index < -0.39 is 11.9 Å². The van der Waals surface area contributed by atoms with Crippen LogP contribution < -0.4 is 10.2 Å². The van der Waals surface area contributed by atoms with Crippen LogP contribution in [-0.2, 0) is 12.7 Å². The minimum absolute atomic E-state index is 0.381. The van der Waals surface area contributed by atoms with Gasteiger partial charge in [0.15, 0.2) is 0 Å².